The summed E-state index contributed by atoms with van der Waals surface area (Å²) in [6.07, 6.45) is 0. The van der Waals surface area contributed by atoms with Crippen LogP contribution in [-0.4, -0.2) is 45.8 Å². The van der Waals surface area contributed by atoms with Gasteiger partial charge in [0.25, 0.3) is 5.91 Å². The SMILES string of the molecule is COc1cc(N2CCNCC2)c2c(c1)N(Cc1ccccc1Cl)C(=O)CO2.Cl. The lowest BCUT2D eigenvalue weighted by molar-refractivity contribution is -0.121. The number of rotatable bonds is 4. The molecule has 1 N–H and O–H groups in total. The van der Waals surface area contributed by atoms with E-state index < -0.39 is 0 Å². The van der Waals surface area contributed by atoms with Crippen molar-refractivity contribution in [3.05, 3.63) is 47.0 Å². The molecule has 0 unspecified atom stereocenters. The van der Waals surface area contributed by atoms with Gasteiger partial charge in [0.15, 0.2) is 12.4 Å². The molecule has 0 bridgehead atoms. The fraction of sp³-hybridized carbons (Fsp3) is 0.350. The first-order valence-corrected chi connectivity index (χ1v) is 9.39. The van der Waals surface area contributed by atoms with E-state index in [2.05, 4.69) is 10.2 Å². The molecule has 1 fully saturated rings. The molecule has 150 valence electrons. The first kappa shape index (κ1) is 20.6. The Morgan fingerprint density at radius 3 is 2.61 bits per heavy atom. The maximum absolute atomic E-state index is 12.7. The molecule has 2 heterocycles. The summed E-state index contributed by atoms with van der Waals surface area (Å²) >= 11 is 6.32. The highest BCUT2D eigenvalue weighted by Crippen LogP contribution is 2.44. The minimum Gasteiger partial charge on any atom is -0.497 e. The van der Waals surface area contributed by atoms with Crippen LogP contribution in [0.25, 0.3) is 0 Å². The topological polar surface area (TPSA) is 54.0 Å². The van der Waals surface area contributed by atoms with Crippen LogP contribution in [0.1, 0.15) is 5.56 Å². The number of ether oxygens (including phenoxy) is 2. The van der Waals surface area contributed by atoms with E-state index in [0.29, 0.717) is 17.3 Å². The third-order valence-corrected chi connectivity index (χ3v) is 5.30. The van der Waals surface area contributed by atoms with Gasteiger partial charge in [0.2, 0.25) is 0 Å². The number of halogens is 2. The number of carbonyl (C=O) groups excluding carboxylic acids is 1. The number of methoxy groups -OCH3 is 1. The quantitative estimate of drug-likeness (QED) is 0.818. The van der Waals surface area contributed by atoms with Crippen LogP contribution in [0.4, 0.5) is 11.4 Å². The fourth-order valence-electron chi connectivity index (χ4n) is 3.50. The number of fused-ring (bicyclic) bond motifs is 1. The lowest BCUT2D eigenvalue weighted by Crippen LogP contribution is -2.44. The average molecular weight is 424 g/mol. The zero-order valence-corrected chi connectivity index (χ0v) is 17.2. The molecule has 0 saturated carbocycles. The molecule has 6 nitrogen and oxygen atoms in total. The van der Waals surface area contributed by atoms with Crippen LogP contribution in [0.3, 0.4) is 0 Å². The average Bonchev–Trinajstić information content (AvgIpc) is 2.71. The maximum Gasteiger partial charge on any atom is 0.265 e. The Morgan fingerprint density at radius 1 is 1.18 bits per heavy atom. The van der Waals surface area contributed by atoms with Gasteiger partial charge in [-0.1, -0.05) is 29.8 Å². The van der Waals surface area contributed by atoms with E-state index in [4.69, 9.17) is 21.1 Å². The molecule has 2 aromatic carbocycles. The second kappa shape index (κ2) is 8.90. The van der Waals surface area contributed by atoms with Crippen molar-refractivity contribution < 1.29 is 14.3 Å². The van der Waals surface area contributed by atoms with E-state index in [1.54, 1.807) is 12.0 Å². The number of anilines is 2. The van der Waals surface area contributed by atoms with E-state index in [1.807, 2.05) is 36.4 Å². The number of hydrogen-bond acceptors (Lipinski definition) is 5. The molecule has 28 heavy (non-hydrogen) atoms. The molecule has 0 aliphatic carbocycles. The van der Waals surface area contributed by atoms with E-state index in [9.17, 15) is 4.79 Å². The summed E-state index contributed by atoms with van der Waals surface area (Å²) in [5, 5.41) is 4.00. The van der Waals surface area contributed by atoms with Crippen molar-refractivity contribution in [1.82, 2.24) is 5.32 Å². The highest BCUT2D eigenvalue weighted by Gasteiger charge is 2.31. The van der Waals surface area contributed by atoms with Crippen molar-refractivity contribution in [2.45, 2.75) is 6.54 Å². The summed E-state index contributed by atoms with van der Waals surface area (Å²) in [5.74, 6) is 1.33. The van der Waals surface area contributed by atoms with Crippen LogP contribution in [0, 0.1) is 0 Å². The van der Waals surface area contributed by atoms with Crippen molar-refractivity contribution in [3.8, 4) is 11.5 Å². The van der Waals surface area contributed by atoms with Crippen LogP contribution in [-0.2, 0) is 11.3 Å². The van der Waals surface area contributed by atoms with Crippen LogP contribution in [0.2, 0.25) is 5.02 Å². The van der Waals surface area contributed by atoms with E-state index in [-0.39, 0.29) is 24.9 Å². The third kappa shape index (κ3) is 3.99. The van der Waals surface area contributed by atoms with E-state index >= 15 is 0 Å². The van der Waals surface area contributed by atoms with Gasteiger partial charge in [0.05, 0.1) is 25.0 Å². The number of piperazine rings is 1. The van der Waals surface area contributed by atoms with Gasteiger partial charge >= 0.3 is 0 Å². The third-order valence-electron chi connectivity index (χ3n) is 4.93. The monoisotopic (exact) mass is 423 g/mol. The van der Waals surface area contributed by atoms with Crippen molar-refractivity contribution in [1.29, 1.82) is 0 Å². The van der Waals surface area contributed by atoms with Gasteiger partial charge in [0, 0.05) is 43.3 Å². The first-order chi connectivity index (χ1) is 13.2. The number of nitrogens with zero attached hydrogens (tertiary/aromatic N) is 2. The number of hydrogen-bond donors (Lipinski definition) is 1. The van der Waals surface area contributed by atoms with Gasteiger partial charge in [0.1, 0.15) is 5.75 Å². The standard InChI is InChI=1S/C20H22ClN3O3.ClH/c1-26-15-10-17(23-8-6-22-7-9-23)20-18(11-15)24(19(25)13-27-20)12-14-4-2-3-5-16(14)21;/h2-5,10-11,22H,6-9,12-13H2,1H3;1H. The summed E-state index contributed by atoms with van der Waals surface area (Å²) in [7, 11) is 1.63. The number of benzene rings is 2. The first-order valence-electron chi connectivity index (χ1n) is 9.01. The molecular formula is C20H23Cl2N3O3. The predicted octanol–water partition coefficient (Wildman–Crippen LogP) is 3.11. The molecule has 4 rings (SSSR count). The molecule has 2 aliphatic heterocycles. The summed E-state index contributed by atoms with van der Waals surface area (Å²) in [5.41, 5.74) is 2.58. The van der Waals surface area contributed by atoms with Gasteiger partial charge in [-0.05, 0) is 11.6 Å². The van der Waals surface area contributed by atoms with Crippen molar-refractivity contribution in [2.24, 2.45) is 0 Å². The Balaban J connectivity index is 0.00000225. The largest absolute Gasteiger partial charge is 0.497 e. The summed E-state index contributed by atoms with van der Waals surface area (Å²) in [4.78, 5) is 16.6. The molecule has 8 heteroatoms. The van der Waals surface area contributed by atoms with Gasteiger partial charge in [-0.3, -0.25) is 4.79 Å². The Hall–Kier alpha value is -2.15. The lowest BCUT2D eigenvalue weighted by atomic mass is 10.1. The van der Waals surface area contributed by atoms with Gasteiger partial charge in [-0.15, -0.1) is 12.4 Å². The molecule has 0 spiro atoms. The molecule has 1 saturated heterocycles. The highest BCUT2D eigenvalue weighted by atomic mass is 35.5. The van der Waals surface area contributed by atoms with Gasteiger partial charge < -0.3 is 24.6 Å². The highest BCUT2D eigenvalue weighted by molar-refractivity contribution is 6.31. The number of carbonyl (C=O) groups is 1. The van der Waals surface area contributed by atoms with Crippen molar-refractivity contribution in [2.75, 3.05) is 49.7 Å². The molecule has 2 aliphatic rings. The Bertz CT molecular complexity index is 857. The minimum absolute atomic E-state index is 0. The predicted molar refractivity (Wildman–Crippen MR) is 113 cm³/mol. The van der Waals surface area contributed by atoms with Crippen molar-refractivity contribution >= 4 is 41.3 Å². The second-order valence-corrected chi connectivity index (χ2v) is 7.00. The summed E-state index contributed by atoms with van der Waals surface area (Å²) < 4.78 is 11.4. The Morgan fingerprint density at radius 2 is 1.89 bits per heavy atom. The van der Waals surface area contributed by atoms with Gasteiger partial charge in [-0.25, -0.2) is 0 Å². The molecular weight excluding hydrogens is 401 g/mol. The van der Waals surface area contributed by atoms with E-state index in [0.717, 1.165) is 48.9 Å². The lowest BCUT2D eigenvalue weighted by Gasteiger charge is -2.36. The fourth-order valence-corrected chi connectivity index (χ4v) is 3.69. The summed E-state index contributed by atoms with van der Waals surface area (Å²) in [6, 6.07) is 11.4. The van der Waals surface area contributed by atoms with Crippen LogP contribution in [0.5, 0.6) is 11.5 Å². The van der Waals surface area contributed by atoms with Crippen LogP contribution in [0.15, 0.2) is 36.4 Å². The molecule has 1 amide bonds. The minimum atomic E-state index is -0.0954. The smallest absolute Gasteiger partial charge is 0.265 e. The number of nitrogens with one attached hydrogen (secondary N) is 1. The van der Waals surface area contributed by atoms with Crippen molar-refractivity contribution in [3.63, 3.8) is 0 Å². The molecule has 0 atom stereocenters. The molecule has 0 aromatic heterocycles. The number of amides is 1. The normalized spacial score (nSPS) is 16.1. The zero-order valence-electron chi connectivity index (χ0n) is 15.6. The Kier molecular flexibility index (Phi) is 6.54. The van der Waals surface area contributed by atoms with Gasteiger partial charge in [-0.2, -0.15) is 0 Å². The van der Waals surface area contributed by atoms with E-state index in [1.165, 1.54) is 0 Å². The molecule has 0 radical (unpaired) electrons. The maximum atomic E-state index is 12.7. The second-order valence-electron chi connectivity index (χ2n) is 6.59. The molecule has 2 aromatic rings. The van der Waals surface area contributed by atoms with Crippen LogP contribution < -0.4 is 24.6 Å². The summed E-state index contributed by atoms with van der Waals surface area (Å²) in [6.45, 7) is 3.98. The van der Waals surface area contributed by atoms with Crippen LogP contribution >= 0.6 is 24.0 Å². The zero-order chi connectivity index (χ0) is 18.8. The Labute approximate surface area is 175 Å².